The van der Waals surface area contributed by atoms with E-state index in [-0.39, 0.29) is 11.9 Å². The van der Waals surface area contributed by atoms with Crippen LogP contribution in [0.5, 0.6) is 5.75 Å². The number of aromatic amines is 1. The zero-order valence-corrected chi connectivity index (χ0v) is 13.7. The molecule has 1 aromatic heterocycles. The number of H-pyrrole nitrogens is 1. The van der Waals surface area contributed by atoms with Crippen LogP contribution in [-0.2, 0) is 11.3 Å². The summed E-state index contributed by atoms with van der Waals surface area (Å²) in [6.45, 7) is 6.13. The molecule has 1 aromatic carbocycles. The minimum atomic E-state index is -0.175. The van der Waals surface area contributed by atoms with Crippen molar-refractivity contribution in [3.8, 4) is 5.75 Å². The molecule has 1 N–H and O–H groups in total. The van der Waals surface area contributed by atoms with Crippen molar-refractivity contribution >= 4 is 11.6 Å². The van der Waals surface area contributed by atoms with Crippen molar-refractivity contribution in [3.63, 3.8) is 0 Å². The summed E-state index contributed by atoms with van der Waals surface area (Å²) in [4.78, 5) is 24.2. The van der Waals surface area contributed by atoms with E-state index in [1.165, 1.54) is 0 Å². The highest BCUT2D eigenvalue weighted by atomic mass is 16.5. The van der Waals surface area contributed by atoms with Gasteiger partial charge >= 0.3 is 0 Å². The number of rotatable bonds is 4. The number of methoxy groups -OCH3 is 1. The van der Waals surface area contributed by atoms with E-state index in [4.69, 9.17) is 4.74 Å². The highest BCUT2D eigenvalue weighted by Crippen LogP contribution is 2.25. The van der Waals surface area contributed by atoms with Crippen LogP contribution in [0.15, 0.2) is 30.6 Å². The predicted octanol–water partition coefficient (Wildman–Crippen LogP) is 1.96. The number of benzene rings is 1. The van der Waals surface area contributed by atoms with Gasteiger partial charge in [0.05, 0.1) is 25.2 Å². The molecule has 1 amide bonds. The van der Waals surface area contributed by atoms with Crippen molar-refractivity contribution < 1.29 is 9.53 Å². The summed E-state index contributed by atoms with van der Waals surface area (Å²) in [6.07, 6.45) is 1.70. The van der Waals surface area contributed by atoms with Crippen LogP contribution in [-0.4, -0.2) is 47.0 Å². The summed E-state index contributed by atoms with van der Waals surface area (Å²) in [6, 6.07) is 7.46. The molecule has 1 fully saturated rings. The van der Waals surface area contributed by atoms with Crippen LogP contribution in [0.3, 0.4) is 0 Å². The molecular weight excluding hydrogens is 292 g/mol. The lowest BCUT2D eigenvalue weighted by molar-refractivity contribution is -0.125. The van der Waals surface area contributed by atoms with Gasteiger partial charge in [-0.15, -0.1) is 0 Å². The number of amides is 1. The molecule has 1 saturated heterocycles. The molecule has 1 atom stereocenters. The first-order chi connectivity index (χ1) is 11.1. The molecule has 2 aromatic rings. The third-order valence-corrected chi connectivity index (χ3v) is 4.43. The van der Waals surface area contributed by atoms with E-state index in [9.17, 15) is 4.79 Å². The van der Waals surface area contributed by atoms with Crippen molar-refractivity contribution in [2.45, 2.75) is 26.4 Å². The number of imidazole rings is 1. The molecule has 6 nitrogen and oxygen atoms in total. The van der Waals surface area contributed by atoms with Crippen molar-refractivity contribution in [2.24, 2.45) is 0 Å². The average molecular weight is 314 g/mol. The molecule has 2 heterocycles. The van der Waals surface area contributed by atoms with Crippen LogP contribution in [0, 0.1) is 6.92 Å². The van der Waals surface area contributed by atoms with E-state index in [0.717, 1.165) is 29.4 Å². The largest absolute Gasteiger partial charge is 0.497 e. The highest BCUT2D eigenvalue weighted by Gasteiger charge is 2.32. The monoisotopic (exact) mass is 314 g/mol. The number of anilines is 1. The Hall–Kier alpha value is -2.34. The number of aryl methyl sites for hydroxylation is 1. The number of aromatic nitrogens is 2. The number of nitrogens with zero attached hydrogens (tertiary/aromatic N) is 3. The van der Waals surface area contributed by atoms with E-state index in [1.807, 2.05) is 43.0 Å². The van der Waals surface area contributed by atoms with Gasteiger partial charge < -0.3 is 14.6 Å². The second kappa shape index (κ2) is 6.42. The van der Waals surface area contributed by atoms with E-state index in [0.29, 0.717) is 13.1 Å². The van der Waals surface area contributed by atoms with Crippen LogP contribution in [0.1, 0.15) is 18.3 Å². The summed E-state index contributed by atoms with van der Waals surface area (Å²) in [5, 5.41) is 0. The smallest absolute Gasteiger partial charge is 0.244 e. The summed E-state index contributed by atoms with van der Waals surface area (Å²) < 4.78 is 5.25. The van der Waals surface area contributed by atoms with Gasteiger partial charge in [-0.1, -0.05) is 6.07 Å². The lowest BCUT2D eigenvalue weighted by atomic mass is 10.1. The molecule has 1 aliphatic heterocycles. The quantitative estimate of drug-likeness (QED) is 0.937. The maximum absolute atomic E-state index is 12.8. The zero-order valence-electron chi connectivity index (χ0n) is 13.7. The molecule has 0 saturated carbocycles. The van der Waals surface area contributed by atoms with Gasteiger partial charge in [0.2, 0.25) is 5.91 Å². The first-order valence-electron chi connectivity index (χ1n) is 7.78. The normalized spacial score (nSPS) is 19.2. The number of carbonyl (C=O) groups excluding carboxylic acids is 1. The Bertz CT molecular complexity index is 697. The number of hydrogen-bond donors (Lipinski definition) is 1. The van der Waals surface area contributed by atoms with Gasteiger partial charge in [-0.05, 0) is 26.0 Å². The second-order valence-electron chi connectivity index (χ2n) is 5.81. The highest BCUT2D eigenvalue weighted by molar-refractivity contribution is 5.97. The minimum absolute atomic E-state index is 0.109. The van der Waals surface area contributed by atoms with Gasteiger partial charge in [-0.25, -0.2) is 4.98 Å². The average Bonchev–Trinajstić information content (AvgIpc) is 2.97. The Morgan fingerprint density at radius 1 is 1.39 bits per heavy atom. The lowest BCUT2D eigenvalue weighted by Crippen LogP contribution is -2.55. The topological polar surface area (TPSA) is 61.5 Å². The summed E-state index contributed by atoms with van der Waals surface area (Å²) >= 11 is 0. The predicted molar refractivity (Wildman–Crippen MR) is 88.5 cm³/mol. The fourth-order valence-electron chi connectivity index (χ4n) is 2.90. The zero-order chi connectivity index (χ0) is 16.4. The van der Waals surface area contributed by atoms with Crippen molar-refractivity contribution in [1.29, 1.82) is 0 Å². The molecule has 122 valence electrons. The van der Waals surface area contributed by atoms with Crippen LogP contribution in [0.4, 0.5) is 5.69 Å². The fourth-order valence-corrected chi connectivity index (χ4v) is 2.90. The van der Waals surface area contributed by atoms with Gasteiger partial charge in [-0.3, -0.25) is 9.69 Å². The Labute approximate surface area is 136 Å². The summed E-state index contributed by atoms with van der Waals surface area (Å²) in [5.74, 6) is 0.871. The Morgan fingerprint density at radius 2 is 2.22 bits per heavy atom. The van der Waals surface area contributed by atoms with Crippen LogP contribution >= 0.6 is 0 Å². The summed E-state index contributed by atoms with van der Waals surface area (Å²) in [7, 11) is 1.63. The van der Waals surface area contributed by atoms with Gasteiger partial charge in [0.25, 0.3) is 0 Å². The maximum Gasteiger partial charge on any atom is 0.244 e. The Morgan fingerprint density at radius 3 is 2.91 bits per heavy atom. The van der Waals surface area contributed by atoms with Crippen molar-refractivity contribution in [1.82, 2.24) is 14.9 Å². The maximum atomic E-state index is 12.8. The standard InChI is InChI=1S/C17H22N4O2/c1-12-16(19-11-18-12)10-20-7-8-21(17(22)13(20)2)14-5-4-6-15(9-14)23-3/h4-6,9,11,13H,7-8,10H2,1-3H3,(H,18,19)/t13-/m0/s1. The van der Waals surface area contributed by atoms with Gasteiger partial charge in [-0.2, -0.15) is 0 Å². The van der Waals surface area contributed by atoms with Gasteiger partial charge in [0, 0.05) is 37.1 Å². The first-order valence-corrected chi connectivity index (χ1v) is 7.78. The van der Waals surface area contributed by atoms with Crippen molar-refractivity contribution in [2.75, 3.05) is 25.1 Å². The molecule has 6 heteroatoms. The number of piperazine rings is 1. The molecule has 0 aliphatic carbocycles. The number of hydrogen-bond acceptors (Lipinski definition) is 4. The third kappa shape index (κ3) is 3.07. The third-order valence-electron chi connectivity index (χ3n) is 4.43. The molecule has 0 unspecified atom stereocenters. The molecule has 0 radical (unpaired) electrons. The van der Waals surface area contributed by atoms with Crippen molar-refractivity contribution in [3.05, 3.63) is 42.0 Å². The van der Waals surface area contributed by atoms with Gasteiger partial charge in [0.1, 0.15) is 5.75 Å². The molecule has 0 bridgehead atoms. The first kappa shape index (κ1) is 15.6. The molecule has 1 aliphatic rings. The fraction of sp³-hybridized carbons (Fsp3) is 0.412. The van der Waals surface area contributed by atoms with E-state index in [2.05, 4.69) is 14.9 Å². The van der Waals surface area contributed by atoms with Crippen LogP contribution < -0.4 is 9.64 Å². The Balaban J connectivity index is 1.74. The number of ether oxygens (including phenoxy) is 1. The molecular formula is C17H22N4O2. The molecule has 0 spiro atoms. The molecule has 23 heavy (non-hydrogen) atoms. The Kier molecular flexibility index (Phi) is 4.34. The van der Waals surface area contributed by atoms with Crippen LogP contribution in [0.2, 0.25) is 0 Å². The van der Waals surface area contributed by atoms with Crippen LogP contribution in [0.25, 0.3) is 0 Å². The lowest BCUT2D eigenvalue weighted by Gasteiger charge is -2.39. The SMILES string of the molecule is COc1cccc(N2CCN(Cc3nc[nH]c3C)[C@@H](C)C2=O)c1. The van der Waals surface area contributed by atoms with E-state index in [1.54, 1.807) is 13.4 Å². The van der Waals surface area contributed by atoms with E-state index < -0.39 is 0 Å². The molecule has 3 rings (SSSR count). The van der Waals surface area contributed by atoms with E-state index >= 15 is 0 Å². The number of carbonyl (C=O) groups is 1. The summed E-state index contributed by atoms with van der Waals surface area (Å²) in [5.41, 5.74) is 2.94. The second-order valence-corrected chi connectivity index (χ2v) is 5.81. The van der Waals surface area contributed by atoms with Gasteiger partial charge in [0.15, 0.2) is 0 Å². The minimum Gasteiger partial charge on any atom is -0.497 e. The number of nitrogens with one attached hydrogen (secondary N) is 1.